The van der Waals surface area contributed by atoms with Crippen LogP contribution in [0.4, 0.5) is 5.69 Å². The molecular weight excluding hydrogens is 450 g/mol. The lowest BCUT2D eigenvalue weighted by atomic mass is 9.86. The van der Waals surface area contributed by atoms with Gasteiger partial charge in [0.25, 0.3) is 0 Å². The molecule has 174 valence electrons. The molecule has 0 unspecified atom stereocenters. The molecule has 0 bridgehead atoms. The van der Waals surface area contributed by atoms with Crippen molar-refractivity contribution in [2.24, 2.45) is 5.92 Å². The molecule has 1 saturated carbocycles. The number of aliphatic hydroxyl groups is 1. The van der Waals surface area contributed by atoms with E-state index >= 15 is 0 Å². The number of ketones is 1. The number of nitrogens with one attached hydrogen (secondary N) is 2. The fourth-order valence-corrected chi connectivity index (χ4v) is 4.83. The second-order valence-electron chi connectivity index (χ2n) is 8.71. The molecule has 5 rings (SSSR count). The Kier molecular flexibility index (Phi) is 6.52. The molecular formula is C27H26ClN3O3. The van der Waals surface area contributed by atoms with Crippen molar-refractivity contribution in [2.45, 2.75) is 31.7 Å². The number of ether oxygens (including phenoxy) is 1. The number of pyridine rings is 1. The number of aromatic nitrogens is 2. The quantitative estimate of drug-likeness (QED) is 0.277. The topological polar surface area (TPSA) is 87.2 Å². The van der Waals surface area contributed by atoms with Gasteiger partial charge in [0.05, 0.1) is 16.0 Å². The van der Waals surface area contributed by atoms with Gasteiger partial charge in [0, 0.05) is 42.4 Å². The van der Waals surface area contributed by atoms with E-state index < -0.39 is 0 Å². The summed E-state index contributed by atoms with van der Waals surface area (Å²) < 4.78 is 5.84. The first-order valence-corrected chi connectivity index (χ1v) is 11.9. The number of anilines is 1. The minimum absolute atomic E-state index is 0.178. The Balaban J connectivity index is 1.40. The van der Waals surface area contributed by atoms with E-state index in [-0.39, 0.29) is 12.4 Å². The van der Waals surface area contributed by atoms with E-state index in [4.69, 9.17) is 16.3 Å². The van der Waals surface area contributed by atoms with E-state index in [9.17, 15) is 9.90 Å². The number of rotatable bonds is 7. The molecule has 7 heteroatoms. The maximum atomic E-state index is 13.5. The highest BCUT2D eigenvalue weighted by Gasteiger charge is 2.24. The van der Waals surface area contributed by atoms with Gasteiger partial charge in [-0.25, -0.2) is 4.98 Å². The zero-order valence-electron chi connectivity index (χ0n) is 18.6. The van der Waals surface area contributed by atoms with Crippen molar-refractivity contribution in [1.82, 2.24) is 9.97 Å². The fourth-order valence-electron chi connectivity index (χ4n) is 4.58. The monoisotopic (exact) mass is 475 g/mol. The Bertz CT molecular complexity index is 1300. The SMILES string of the molecule is O=C(c1ccc(Oc2ccccc2)cc1Cl)c1c[nH]c2nccc(N[C@H]3CC[C@@H](CO)CC3)c12. The second-order valence-corrected chi connectivity index (χ2v) is 9.12. The van der Waals surface area contributed by atoms with Crippen LogP contribution >= 0.6 is 11.6 Å². The zero-order valence-corrected chi connectivity index (χ0v) is 19.4. The molecule has 2 aromatic carbocycles. The Labute approximate surface area is 202 Å². The third-order valence-corrected chi connectivity index (χ3v) is 6.76. The second kappa shape index (κ2) is 9.87. The first-order chi connectivity index (χ1) is 16.6. The average molecular weight is 476 g/mol. The Morgan fingerprint density at radius 1 is 1.06 bits per heavy atom. The first-order valence-electron chi connectivity index (χ1n) is 11.5. The van der Waals surface area contributed by atoms with Gasteiger partial charge in [-0.05, 0) is 61.9 Å². The van der Waals surface area contributed by atoms with Crippen LogP contribution < -0.4 is 10.1 Å². The number of carbonyl (C=O) groups excluding carboxylic acids is 1. The molecule has 1 aliphatic carbocycles. The van der Waals surface area contributed by atoms with Crippen LogP contribution in [0.15, 0.2) is 67.0 Å². The van der Waals surface area contributed by atoms with E-state index in [1.54, 1.807) is 30.6 Å². The molecule has 2 heterocycles. The molecule has 4 aromatic rings. The van der Waals surface area contributed by atoms with Crippen LogP contribution in [-0.4, -0.2) is 33.5 Å². The summed E-state index contributed by atoms with van der Waals surface area (Å²) in [4.78, 5) is 21.0. The van der Waals surface area contributed by atoms with Crippen LogP contribution in [0, 0.1) is 5.92 Å². The van der Waals surface area contributed by atoms with Gasteiger partial charge in [0.2, 0.25) is 0 Å². The van der Waals surface area contributed by atoms with E-state index in [0.717, 1.165) is 36.8 Å². The maximum Gasteiger partial charge on any atom is 0.196 e. The van der Waals surface area contributed by atoms with Crippen molar-refractivity contribution in [1.29, 1.82) is 0 Å². The highest BCUT2D eigenvalue weighted by atomic mass is 35.5. The molecule has 0 saturated heterocycles. The summed E-state index contributed by atoms with van der Waals surface area (Å²) in [6.07, 6.45) is 7.38. The molecule has 1 aliphatic rings. The van der Waals surface area contributed by atoms with Gasteiger partial charge < -0.3 is 20.1 Å². The number of aromatic amines is 1. The molecule has 0 aliphatic heterocycles. The molecule has 0 radical (unpaired) electrons. The lowest BCUT2D eigenvalue weighted by Crippen LogP contribution is -2.27. The van der Waals surface area contributed by atoms with Gasteiger partial charge in [0.1, 0.15) is 17.1 Å². The standard InChI is InChI=1S/C27H26ClN3O3/c28-23-14-20(34-19-4-2-1-3-5-19)10-11-21(23)26(33)22-15-30-27-25(22)24(12-13-29-27)31-18-8-6-17(16-32)7-9-18/h1-5,10-15,17-18,32H,6-9,16H2,(H2,29,30,31)/t17-,18+. The third-order valence-electron chi connectivity index (χ3n) is 6.45. The van der Waals surface area contributed by atoms with Crippen LogP contribution in [0.25, 0.3) is 11.0 Å². The number of para-hydroxylation sites is 1. The fraction of sp³-hybridized carbons (Fsp3) is 0.259. The predicted molar refractivity (Wildman–Crippen MR) is 134 cm³/mol. The number of hydrogen-bond donors (Lipinski definition) is 3. The van der Waals surface area contributed by atoms with Gasteiger partial charge in [-0.3, -0.25) is 4.79 Å². The predicted octanol–water partition coefficient (Wildman–Crippen LogP) is 6.20. The lowest BCUT2D eigenvalue weighted by molar-refractivity contribution is 0.104. The smallest absolute Gasteiger partial charge is 0.196 e. The Morgan fingerprint density at radius 3 is 2.59 bits per heavy atom. The average Bonchev–Trinajstić information content (AvgIpc) is 3.30. The van der Waals surface area contributed by atoms with Crippen LogP contribution in [-0.2, 0) is 0 Å². The summed E-state index contributed by atoms with van der Waals surface area (Å²) in [6.45, 7) is 0.249. The minimum Gasteiger partial charge on any atom is -0.457 e. The largest absolute Gasteiger partial charge is 0.457 e. The number of benzene rings is 2. The number of hydrogen-bond acceptors (Lipinski definition) is 5. The summed E-state index contributed by atoms with van der Waals surface area (Å²) >= 11 is 6.52. The molecule has 34 heavy (non-hydrogen) atoms. The lowest BCUT2D eigenvalue weighted by Gasteiger charge is -2.29. The molecule has 0 atom stereocenters. The molecule has 1 fully saturated rings. The van der Waals surface area contributed by atoms with E-state index in [0.29, 0.717) is 45.3 Å². The third kappa shape index (κ3) is 4.65. The molecule has 2 aromatic heterocycles. The van der Waals surface area contributed by atoms with E-state index in [2.05, 4.69) is 15.3 Å². The van der Waals surface area contributed by atoms with Crippen LogP contribution in [0.3, 0.4) is 0 Å². The summed E-state index contributed by atoms with van der Waals surface area (Å²) in [5.41, 5.74) is 2.45. The first kappa shape index (κ1) is 22.4. The van der Waals surface area contributed by atoms with Gasteiger partial charge in [0.15, 0.2) is 5.78 Å². The van der Waals surface area contributed by atoms with Crippen molar-refractivity contribution in [3.8, 4) is 11.5 Å². The summed E-state index contributed by atoms with van der Waals surface area (Å²) in [7, 11) is 0. The minimum atomic E-state index is -0.178. The van der Waals surface area contributed by atoms with Gasteiger partial charge >= 0.3 is 0 Å². The van der Waals surface area contributed by atoms with E-state index in [1.807, 2.05) is 36.4 Å². The maximum absolute atomic E-state index is 13.5. The molecule has 0 spiro atoms. The number of H-pyrrole nitrogens is 1. The van der Waals surface area contributed by atoms with Crippen LogP contribution in [0.2, 0.25) is 5.02 Å². The number of aliphatic hydroxyl groups excluding tert-OH is 1. The van der Waals surface area contributed by atoms with Gasteiger partial charge in [-0.1, -0.05) is 29.8 Å². The van der Waals surface area contributed by atoms with Crippen molar-refractivity contribution < 1.29 is 14.6 Å². The number of nitrogens with zero attached hydrogens (tertiary/aromatic N) is 1. The zero-order chi connectivity index (χ0) is 23.5. The van der Waals surface area contributed by atoms with Gasteiger partial charge in [-0.2, -0.15) is 0 Å². The van der Waals surface area contributed by atoms with Crippen molar-refractivity contribution in [3.63, 3.8) is 0 Å². The number of carbonyl (C=O) groups is 1. The van der Waals surface area contributed by atoms with Crippen molar-refractivity contribution in [3.05, 3.63) is 83.1 Å². The van der Waals surface area contributed by atoms with Crippen molar-refractivity contribution >= 4 is 34.1 Å². The summed E-state index contributed by atoms with van der Waals surface area (Å²) in [6, 6.07) is 16.7. The van der Waals surface area contributed by atoms with Crippen molar-refractivity contribution in [2.75, 3.05) is 11.9 Å². The molecule has 6 nitrogen and oxygen atoms in total. The highest BCUT2D eigenvalue weighted by Crippen LogP contribution is 2.33. The molecule has 0 amide bonds. The Hall–Kier alpha value is -3.35. The highest BCUT2D eigenvalue weighted by molar-refractivity contribution is 6.35. The van der Waals surface area contributed by atoms with Gasteiger partial charge in [-0.15, -0.1) is 0 Å². The van der Waals surface area contributed by atoms with E-state index in [1.165, 1.54) is 0 Å². The number of fused-ring (bicyclic) bond motifs is 1. The summed E-state index contributed by atoms with van der Waals surface area (Å²) in [5.74, 6) is 1.47. The normalized spacial score (nSPS) is 18.1. The summed E-state index contributed by atoms with van der Waals surface area (Å²) in [5, 5.41) is 14.1. The molecule has 3 N–H and O–H groups in total. The number of halogens is 1. The Morgan fingerprint density at radius 2 is 1.85 bits per heavy atom. The van der Waals surface area contributed by atoms with Crippen LogP contribution in [0.5, 0.6) is 11.5 Å². The van der Waals surface area contributed by atoms with Crippen LogP contribution in [0.1, 0.15) is 41.6 Å².